The van der Waals surface area contributed by atoms with Crippen molar-refractivity contribution in [2.45, 2.75) is 24.7 Å². The minimum Gasteiger partial charge on any atom is -0.309 e. The van der Waals surface area contributed by atoms with Crippen LogP contribution in [0.15, 0.2) is 279 Å². The molecule has 2 heteroatoms. The van der Waals surface area contributed by atoms with Crippen molar-refractivity contribution in [1.29, 1.82) is 0 Å². The summed E-state index contributed by atoms with van der Waals surface area (Å²) in [5.41, 5.74) is 16.1. The summed E-state index contributed by atoms with van der Waals surface area (Å²) >= 11 is 0. The molecule has 0 saturated carbocycles. The lowest BCUT2D eigenvalue weighted by atomic mass is 9.56. The van der Waals surface area contributed by atoms with E-state index in [1.165, 1.54) is 109 Å². The van der Waals surface area contributed by atoms with Crippen LogP contribution in [0.4, 0.5) is 34.1 Å². The van der Waals surface area contributed by atoms with Crippen LogP contribution in [0.5, 0.6) is 0 Å². The smallest absolute Gasteiger partial charge is 0.0543 e. The molecule has 2 nitrogen and oxygen atoms in total. The number of rotatable bonds is 7. The molecule has 0 aromatic heterocycles. The van der Waals surface area contributed by atoms with E-state index in [4.69, 9.17) is 0 Å². The van der Waals surface area contributed by atoms with Gasteiger partial charge in [0.2, 0.25) is 0 Å². The average Bonchev–Trinajstić information content (AvgIpc) is 3.32. The second-order valence-electron chi connectivity index (χ2n) is 21.7. The van der Waals surface area contributed by atoms with Gasteiger partial charge < -0.3 is 9.80 Å². The van der Waals surface area contributed by atoms with Crippen LogP contribution < -0.4 is 9.80 Å². The number of para-hydroxylation sites is 2. The van der Waals surface area contributed by atoms with Crippen molar-refractivity contribution in [3.8, 4) is 22.3 Å². The molecule has 2 atom stereocenters. The van der Waals surface area contributed by atoms with Gasteiger partial charge in [0.15, 0.2) is 0 Å². The summed E-state index contributed by atoms with van der Waals surface area (Å²) in [4.78, 5) is 5.07. The van der Waals surface area contributed by atoms with Gasteiger partial charge in [0, 0.05) is 43.7 Å². The lowest BCUT2D eigenvalue weighted by Crippen LogP contribution is -2.44. The molecule has 14 aromatic carbocycles. The van der Waals surface area contributed by atoms with Gasteiger partial charge in [0.25, 0.3) is 0 Å². The van der Waals surface area contributed by atoms with E-state index >= 15 is 0 Å². The van der Waals surface area contributed by atoms with Gasteiger partial charge in [-0.3, -0.25) is 0 Å². The zero-order chi connectivity index (χ0) is 51.7. The Labute approximate surface area is 454 Å². The highest BCUT2D eigenvalue weighted by atomic mass is 15.2. The second-order valence-corrected chi connectivity index (χ2v) is 21.7. The number of hydrogen-bond donors (Lipinski definition) is 0. The van der Waals surface area contributed by atoms with E-state index in [2.05, 4.69) is 303 Å². The monoisotopic (exact) mass is 992 g/mol. The van der Waals surface area contributed by atoms with Gasteiger partial charge >= 0.3 is 0 Å². The van der Waals surface area contributed by atoms with E-state index in [-0.39, 0.29) is 0 Å². The summed E-state index contributed by atoms with van der Waals surface area (Å²) in [5.74, 6) is 0. The first-order chi connectivity index (χ1) is 38.5. The predicted octanol–water partition coefficient (Wildman–Crippen LogP) is 20.8. The quantitative estimate of drug-likeness (QED) is 0.157. The molecule has 0 N–H and O–H groups in total. The van der Waals surface area contributed by atoms with Gasteiger partial charge in [0.05, 0.1) is 22.7 Å². The maximum atomic E-state index is 2.61. The Morgan fingerprint density at radius 1 is 0.218 bits per heavy atom. The van der Waals surface area contributed by atoms with Gasteiger partial charge in [0.1, 0.15) is 0 Å². The molecule has 0 aliphatic heterocycles. The Hall–Kier alpha value is -9.76. The summed E-state index contributed by atoms with van der Waals surface area (Å²) in [6.45, 7) is 5.19. The summed E-state index contributed by atoms with van der Waals surface area (Å²) in [5, 5.41) is 14.8. The Balaban J connectivity index is 1.08. The van der Waals surface area contributed by atoms with Gasteiger partial charge in [-0.2, -0.15) is 0 Å². The van der Waals surface area contributed by atoms with Crippen molar-refractivity contribution in [1.82, 2.24) is 0 Å². The zero-order valence-electron chi connectivity index (χ0n) is 43.5. The number of anilines is 6. The van der Waals surface area contributed by atoms with Crippen molar-refractivity contribution in [2.75, 3.05) is 9.80 Å². The van der Waals surface area contributed by atoms with Crippen molar-refractivity contribution in [2.24, 2.45) is 0 Å². The number of hydrogen-bond acceptors (Lipinski definition) is 2. The molecule has 0 bridgehead atoms. The number of nitrogens with zero attached hydrogens (tertiary/aromatic N) is 2. The molecule has 2 unspecified atom stereocenters. The lowest BCUT2D eigenvalue weighted by Gasteiger charge is -2.46. The van der Waals surface area contributed by atoms with Crippen LogP contribution in [0.2, 0.25) is 0 Å². The van der Waals surface area contributed by atoms with Gasteiger partial charge in [-0.15, -0.1) is 0 Å². The summed E-state index contributed by atoms with van der Waals surface area (Å²) in [6, 6.07) is 105. The third-order valence-corrected chi connectivity index (χ3v) is 18.1. The summed E-state index contributed by atoms with van der Waals surface area (Å²) < 4.78 is 0. The maximum absolute atomic E-state index is 2.61. The van der Waals surface area contributed by atoms with E-state index in [0.29, 0.717) is 0 Å². The normalized spacial score (nSPS) is 16.2. The first kappa shape index (κ1) is 44.5. The molecule has 0 heterocycles. The topological polar surface area (TPSA) is 6.48 Å². The largest absolute Gasteiger partial charge is 0.309 e. The van der Waals surface area contributed by atoms with E-state index in [0.717, 1.165) is 34.1 Å². The molecule has 0 radical (unpaired) electrons. The molecular weight excluding hydrogens is 941 g/mol. The highest BCUT2D eigenvalue weighted by Crippen LogP contribution is 2.69. The van der Waals surface area contributed by atoms with Crippen molar-refractivity contribution < 1.29 is 0 Å². The first-order valence-electron chi connectivity index (χ1n) is 27.3. The molecule has 2 aliphatic rings. The minimum atomic E-state index is -0.652. The second kappa shape index (κ2) is 16.9. The lowest BCUT2D eigenvalue weighted by molar-refractivity contribution is 0.376. The van der Waals surface area contributed by atoms with Crippen LogP contribution in [0.25, 0.3) is 86.9 Å². The first-order valence-corrected chi connectivity index (χ1v) is 27.3. The van der Waals surface area contributed by atoms with E-state index in [1.807, 2.05) is 0 Å². The molecule has 2 aliphatic carbocycles. The molecular formula is C76H52N2. The van der Waals surface area contributed by atoms with Crippen LogP contribution in [0.3, 0.4) is 0 Å². The van der Waals surface area contributed by atoms with Crippen LogP contribution in [0.1, 0.15) is 36.1 Å². The maximum Gasteiger partial charge on any atom is 0.0543 e. The Morgan fingerprint density at radius 3 is 0.910 bits per heavy atom. The standard InChI is InChI=1S/C76H52N2/c1-75(63-45-43-51-25-11-15-35-57(51)71(63)73-61-39-19-17-37-59(61)69(47-65(73)75)77(53-29-5-3-6-30-53)67-41-21-27-49-23-9-13-33-55(49)67)76(2)64-46-44-52-26-12-16-36-58(52)72(64)74-62-40-20-18-38-60(62)70(48-66(74)76)78(54-31-7-4-8-32-54)68-42-22-28-50-24-10-14-34-56(50)68/h3-48H,1-2H3. The minimum absolute atomic E-state index is 0.652. The molecule has 0 fully saturated rings. The Morgan fingerprint density at radius 2 is 0.513 bits per heavy atom. The van der Waals surface area contributed by atoms with Crippen LogP contribution >= 0.6 is 0 Å². The third kappa shape index (κ3) is 6.09. The van der Waals surface area contributed by atoms with Gasteiger partial charge in [-0.1, -0.05) is 244 Å². The van der Waals surface area contributed by atoms with Crippen molar-refractivity contribution in [3.63, 3.8) is 0 Å². The molecule has 0 amide bonds. The fourth-order valence-corrected chi connectivity index (χ4v) is 14.5. The summed E-state index contributed by atoms with van der Waals surface area (Å²) in [6.07, 6.45) is 0. The predicted molar refractivity (Wildman–Crippen MR) is 331 cm³/mol. The third-order valence-electron chi connectivity index (χ3n) is 18.1. The Bertz CT molecular complexity index is 4470. The fourth-order valence-electron chi connectivity index (χ4n) is 14.5. The summed E-state index contributed by atoms with van der Waals surface area (Å²) in [7, 11) is 0. The van der Waals surface area contributed by atoms with Crippen LogP contribution in [-0.2, 0) is 10.8 Å². The van der Waals surface area contributed by atoms with Crippen LogP contribution in [0, 0.1) is 0 Å². The highest BCUT2D eigenvalue weighted by molar-refractivity contribution is 6.19. The van der Waals surface area contributed by atoms with Gasteiger partial charge in [-0.25, -0.2) is 0 Å². The van der Waals surface area contributed by atoms with Crippen molar-refractivity contribution >= 4 is 98.8 Å². The molecule has 366 valence electrons. The number of benzene rings is 14. The highest BCUT2D eigenvalue weighted by Gasteiger charge is 2.59. The van der Waals surface area contributed by atoms with Crippen molar-refractivity contribution in [3.05, 3.63) is 301 Å². The zero-order valence-corrected chi connectivity index (χ0v) is 43.5. The molecule has 0 saturated heterocycles. The average molecular weight is 993 g/mol. The molecule has 16 rings (SSSR count). The van der Waals surface area contributed by atoms with E-state index in [1.54, 1.807) is 0 Å². The molecule has 0 spiro atoms. The fraction of sp³-hybridized carbons (Fsp3) is 0.0526. The van der Waals surface area contributed by atoms with Gasteiger partial charge in [-0.05, 0) is 136 Å². The Kier molecular flexibility index (Phi) is 9.63. The van der Waals surface area contributed by atoms with E-state index < -0.39 is 10.8 Å². The van der Waals surface area contributed by atoms with E-state index in [9.17, 15) is 0 Å². The molecule has 14 aromatic rings. The number of fused-ring (bicyclic) bond motifs is 16. The van der Waals surface area contributed by atoms with Crippen LogP contribution in [-0.4, -0.2) is 0 Å². The SMILES string of the molecule is CC1(C2(C)c3ccc4ccccc4c3-c3c2cc(N(c2ccccc2)c2cccc4ccccc24)c2ccccc32)c2ccc3ccccc3c2-c2c1cc(N(c1ccccc1)c1cccc3ccccc13)c1ccccc21. The molecule has 78 heavy (non-hydrogen) atoms.